The minimum absolute atomic E-state index is 0.0455. The van der Waals surface area contributed by atoms with Gasteiger partial charge in [0.15, 0.2) is 5.82 Å². The Labute approximate surface area is 175 Å². The summed E-state index contributed by atoms with van der Waals surface area (Å²) in [6.45, 7) is -0.487. The van der Waals surface area contributed by atoms with Gasteiger partial charge in [-0.15, -0.1) is 0 Å². The van der Waals surface area contributed by atoms with E-state index in [-0.39, 0.29) is 34.8 Å². The number of nitrogens with zero attached hydrogens (tertiary/aromatic N) is 4. The van der Waals surface area contributed by atoms with E-state index in [0.717, 1.165) is 18.2 Å². The summed E-state index contributed by atoms with van der Waals surface area (Å²) in [7, 11) is 1.52. The minimum atomic E-state index is -0.990. The molecular weight excluding hydrogens is 420 g/mol. The van der Waals surface area contributed by atoms with Crippen LogP contribution in [0, 0.1) is 11.6 Å². The zero-order valence-electron chi connectivity index (χ0n) is 15.7. The van der Waals surface area contributed by atoms with Crippen molar-refractivity contribution in [1.29, 1.82) is 0 Å². The molecule has 2 heterocycles. The standard InChI is InChI=1S/C18H18ClF2N7O2/c1-22-16(30)8-28-7-11(5-24-28)25-18-23-6-13(19)17(27-18)26-15(9-29)12-4-10(20)2-3-14(12)21/h2-7,15,29H,8-9H2,1H3,(H,22,30)(H2,23,25,26,27). The largest absolute Gasteiger partial charge is 0.394 e. The van der Waals surface area contributed by atoms with Crippen molar-refractivity contribution in [2.45, 2.75) is 12.6 Å². The second kappa shape index (κ2) is 9.46. The van der Waals surface area contributed by atoms with Gasteiger partial charge in [0, 0.05) is 18.8 Å². The summed E-state index contributed by atoms with van der Waals surface area (Å²) in [5.41, 5.74) is 0.444. The van der Waals surface area contributed by atoms with Gasteiger partial charge in [-0.3, -0.25) is 9.48 Å². The van der Waals surface area contributed by atoms with Crippen molar-refractivity contribution in [1.82, 2.24) is 25.1 Å². The van der Waals surface area contributed by atoms with E-state index in [4.69, 9.17) is 11.6 Å². The van der Waals surface area contributed by atoms with Gasteiger partial charge in [0.05, 0.1) is 30.7 Å². The van der Waals surface area contributed by atoms with Crippen molar-refractivity contribution in [2.75, 3.05) is 24.3 Å². The zero-order valence-corrected chi connectivity index (χ0v) is 16.5. The number of anilines is 3. The van der Waals surface area contributed by atoms with Crippen LogP contribution in [0.15, 0.2) is 36.8 Å². The number of nitrogens with one attached hydrogen (secondary N) is 3. The Morgan fingerprint density at radius 2 is 2.13 bits per heavy atom. The highest BCUT2D eigenvalue weighted by molar-refractivity contribution is 6.32. The quantitative estimate of drug-likeness (QED) is 0.427. The number of hydrogen-bond acceptors (Lipinski definition) is 7. The summed E-state index contributed by atoms with van der Waals surface area (Å²) in [4.78, 5) is 19.7. The van der Waals surface area contributed by atoms with Gasteiger partial charge in [-0.25, -0.2) is 13.8 Å². The fourth-order valence-corrected chi connectivity index (χ4v) is 2.71. The van der Waals surface area contributed by atoms with Gasteiger partial charge in [0.1, 0.15) is 23.2 Å². The molecule has 12 heteroatoms. The third-order valence-corrected chi connectivity index (χ3v) is 4.32. The number of hydrogen-bond donors (Lipinski definition) is 4. The maximum atomic E-state index is 14.1. The molecule has 4 N–H and O–H groups in total. The van der Waals surface area contributed by atoms with Gasteiger partial charge in [-0.05, 0) is 18.2 Å². The highest BCUT2D eigenvalue weighted by Crippen LogP contribution is 2.27. The van der Waals surface area contributed by atoms with Crippen LogP contribution in [0.3, 0.4) is 0 Å². The van der Waals surface area contributed by atoms with Crippen LogP contribution in [0.5, 0.6) is 0 Å². The molecule has 0 aliphatic rings. The van der Waals surface area contributed by atoms with Crippen molar-refractivity contribution in [3.63, 3.8) is 0 Å². The normalized spacial score (nSPS) is 11.8. The lowest BCUT2D eigenvalue weighted by Gasteiger charge is -2.19. The number of aromatic nitrogens is 4. The number of halogens is 3. The molecule has 0 bridgehead atoms. The molecule has 30 heavy (non-hydrogen) atoms. The van der Waals surface area contributed by atoms with E-state index < -0.39 is 24.3 Å². The zero-order chi connectivity index (χ0) is 21.7. The number of carbonyl (C=O) groups is 1. The molecule has 9 nitrogen and oxygen atoms in total. The molecule has 1 amide bonds. The van der Waals surface area contributed by atoms with Crippen molar-refractivity contribution in [3.05, 3.63) is 59.0 Å². The maximum Gasteiger partial charge on any atom is 0.241 e. The van der Waals surface area contributed by atoms with Crippen LogP contribution in [0.2, 0.25) is 5.02 Å². The van der Waals surface area contributed by atoms with Crippen LogP contribution in [0.1, 0.15) is 11.6 Å². The first-order chi connectivity index (χ1) is 14.4. The van der Waals surface area contributed by atoms with Crippen LogP contribution < -0.4 is 16.0 Å². The van der Waals surface area contributed by atoms with Gasteiger partial charge in [-0.1, -0.05) is 11.6 Å². The first-order valence-corrected chi connectivity index (χ1v) is 9.12. The predicted molar refractivity (Wildman–Crippen MR) is 106 cm³/mol. The molecule has 0 saturated heterocycles. The first-order valence-electron chi connectivity index (χ1n) is 8.74. The van der Waals surface area contributed by atoms with Crippen LogP contribution in [0.25, 0.3) is 0 Å². The van der Waals surface area contributed by atoms with Gasteiger partial charge in [0.2, 0.25) is 11.9 Å². The number of benzene rings is 1. The molecule has 0 fully saturated rings. The molecule has 0 aliphatic heterocycles. The Hall–Kier alpha value is -3.31. The molecule has 1 unspecified atom stereocenters. The van der Waals surface area contributed by atoms with Crippen LogP contribution >= 0.6 is 11.6 Å². The smallest absolute Gasteiger partial charge is 0.241 e. The lowest BCUT2D eigenvalue weighted by molar-refractivity contribution is -0.121. The van der Waals surface area contributed by atoms with Crippen LogP contribution in [-0.4, -0.2) is 44.4 Å². The van der Waals surface area contributed by atoms with E-state index in [0.29, 0.717) is 5.69 Å². The molecule has 0 radical (unpaired) electrons. The molecule has 0 aliphatic carbocycles. The Morgan fingerprint density at radius 1 is 1.33 bits per heavy atom. The summed E-state index contributed by atoms with van der Waals surface area (Å²) < 4.78 is 29.0. The fourth-order valence-electron chi connectivity index (χ4n) is 2.57. The molecule has 0 spiro atoms. The highest BCUT2D eigenvalue weighted by atomic mass is 35.5. The Morgan fingerprint density at radius 3 is 2.87 bits per heavy atom. The van der Waals surface area contributed by atoms with Gasteiger partial charge >= 0.3 is 0 Å². The number of rotatable bonds is 8. The first kappa shape index (κ1) is 21.4. The number of aliphatic hydroxyl groups is 1. The second-order valence-electron chi connectivity index (χ2n) is 6.16. The Balaban J connectivity index is 1.78. The lowest BCUT2D eigenvalue weighted by Crippen LogP contribution is -2.23. The van der Waals surface area contributed by atoms with Crippen molar-refractivity contribution < 1.29 is 18.7 Å². The Kier molecular flexibility index (Phi) is 6.75. The summed E-state index contributed by atoms with van der Waals surface area (Å²) in [5.74, 6) is -1.29. The van der Waals surface area contributed by atoms with Crippen molar-refractivity contribution >= 4 is 35.0 Å². The number of amides is 1. The molecule has 1 atom stereocenters. The van der Waals surface area contributed by atoms with E-state index in [1.54, 1.807) is 6.20 Å². The van der Waals surface area contributed by atoms with Crippen LogP contribution in [0.4, 0.5) is 26.2 Å². The second-order valence-corrected chi connectivity index (χ2v) is 6.57. The molecule has 158 valence electrons. The molecule has 3 rings (SSSR count). The third kappa shape index (κ3) is 5.19. The minimum Gasteiger partial charge on any atom is -0.394 e. The summed E-state index contributed by atoms with van der Waals surface area (Å²) >= 11 is 6.11. The molecule has 0 saturated carbocycles. The summed E-state index contributed by atoms with van der Waals surface area (Å²) in [6.07, 6.45) is 4.37. The van der Waals surface area contributed by atoms with Crippen LogP contribution in [-0.2, 0) is 11.3 Å². The molecular formula is C18H18ClF2N7O2. The number of likely N-dealkylation sites (N-methyl/N-ethyl adjacent to an activating group) is 1. The molecule has 1 aromatic carbocycles. The van der Waals surface area contributed by atoms with E-state index in [2.05, 4.69) is 31.0 Å². The lowest BCUT2D eigenvalue weighted by atomic mass is 10.1. The van der Waals surface area contributed by atoms with E-state index in [1.165, 1.54) is 24.1 Å². The number of aliphatic hydroxyl groups excluding tert-OH is 1. The monoisotopic (exact) mass is 437 g/mol. The molecule has 3 aromatic rings. The average Bonchev–Trinajstić information content (AvgIpc) is 3.16. The topological polar surface area (TPSA) is 117 Å². The van der Waals surface area contributed by atoms with Gasteiger partial charge in [-0.2, -0.15) is 10.1 Å². The van der Waals surface area contributed by atoms with Crippen molar-refractivity contribution in [3.8, 4) is 0 Å². The maximum absolute atomic E-state index is 14.1. The fraction of sp³-hybridized carbons (Fsp3) is 0.222. The van der Waals surface area contributed by atoms with E-state index in [9.17, 15) is 18.7 Å². The summed E-state index contributed by atoms with van der Waals surface area (Å²) in [6, 6.07) is 1.95. The van der Waals surface area contributed by atoms with E-state index in [1.807, 2.05) is 0 Å². The molecule has 2 aromatic heterocycles. The SMILES string of the molecule is CNC(=O)Cn1cc(Nc2ncc(Cl)c(NC(CO)c3cc(F)ccc3F)n2)cn1. The Bertz CT molecular complexity index is 1050. The third-order valence-electron chi connectivity index (χ3n) is 4.04. The predicted octanol–water partition coefficient (Wildman–Crippen LogP) is 2.24. The summed E-state index contributed by atoms with van der Waals surface area (Å²) in [5, 5.41) is 22.0. The average molecular weight is 438 g/mol. The number of carbonyl (C=O) groups excluding carboxylic acids is 1. The van der Waals surface area contributed by atoms with Gasteiger partial charge in [0.25, 0.3) is 0 Å². The van der Waals surface area contributed by atoms with E-state index >= 15 is 0 Å². The highest BCUT2D eigenvalue weighted by Gasteiger charge is 2.18. The van der Waals surface area contributed by atoms with Gasteiger partial charge < -0.3 is 21.1 Å². The van der Waals surface area contributed by atoms with Crippen molar-refractivity contribution in [2.24, 2.45) is 0 Å².